The molecule has 0 bridgehead atoms. The van der Waals surface area contributed by atoms with Gasteiger partial charge in [-0.25, -0.2) is 0 Å². The van der Waals surface area contributed by atoms with Crippen LogP contribution in [0.2, 0.25) is 0 Å². The van der Waals surface area contributed by atoms with Crippen molar-refractivity contribution < 1.29 is 29.0 Å². The highest BCUT2D eigenvalue weighted by Gasteiger charge is 2.35. The maximum Gasteiger partial charge on any atom is 0.259 e. The summed E-state index contributed by atoms with van der Waals surface area (Å²) >= 11 is 0. The number of nitrogens with zero attached hydrogens (tertiary/aromatic N) is 5. The maximum absolute atomic E-state index is 15.4. The number of anilines is 1. The second kappa shape index (κ2) is 17.1. The Bertz CT molecular complexity index is 2360. The smallest absolute Gasteiger partial charge is 0.259 e. The monoisotopic (exact) mass is 795 g/mol. The molecule has 8 rings (SSSR count). The summed E-state index contributed by atoms with van der Waals surface area (Å²) in [5.74, 6) is 0.718. The minimum Gasteiger partial charge on any atom is -0.508 e. The summed E-state index contributed by atoms with van der Waals surface area (Å²) in [5.41, 5.74) is 9.58. The Morgan fingerprint density at radius 3 is 2.37 bits per heavy atom. The molecule has 0 saturated carbocycles. The maximum atomic E-state index is 15.4. The number of benzene rings is 4. The van der Waals surface area contributed by atoms with Crippen LogP contribution in [0.4, 0.5) is 5.69 Å². The van der Waals surface area contributed by atoms with Crippen LogP contribution in [0.3, 0.4) is 0 Å². The number of fused-ring (bicyclic) bond motifs is 2. The molecule has 3 amide bonds. The number of aromatic nitrogens is 1. The standard InChI is InChI=1S/C48H53N5O6/c1-32-42(47(56)50(3)38-13-15-40(54)16-14-38)28-45(49(32)2)43-26-35-18-19-52(46(55)17-12-33-8-7-11-41(24-33)58-4)29-37(35)27-44(43)48(57)53-30-36-10-6-5-9-34(36)25-39(53)31-51-20-22-59-23-21-51/h5-11,13-16,24,26-28,39,54H,12,17-23,25,29-31H2,1-4H3/t39-/m0/s1. The lowest BCUT2D eigenvalue weighted by molar-refractivity contribution is -0.132. The quantitative estimate of drug-likeness (QED) is 0.174. The molecule has 4 heterocycles. The van der Waals surface area contributed by atoms with Gasteiger partial charge in [0.1, 0.15) is 11.5 Å². The Morgan fingerprint density at radius 1 is 0.847 bits per heavy atom. The third-order valence-corrected chi connectivity index (χ3v) is 12.5. The van der Waals surface area contributed by atoms with E-state index in [1.54, 1.807) is 43.3 Å². The zero-order valence-electron chi connectivity index (χ0n) is 34.4. The average Bonchev–Trinajstić information content (AvgIpc) is 3.57. The van der Waals surface area contributed by atoms with Crippen molar-refractivity contribution in [1.82, 2.24) is 19.3 Å². The first-order chi connectivity index (χ1) is 28.6. The first-order valence-corrected chi connectivity index (χ1v) is 20.6. The average molecular weight is 796 g/mol. The fourth-order valence-electron chi connectivity index (χ4n) is 8.82. The predicted octanol–water partition coefficient (Wildman–Crippen LogP) is 6.41. The van der Waals surface area contributed by atoms with E-state index >= 15 is 4.79 Å². The molecule has 306 valence electrons. The molecule has 11 heteroatoms. The zero-order chi connectivity index (χ0) is 41.2. The zero-order valence-corrected chi connectivity index (χ0v) is 34.4. The lowest BCUT2D eigenvalue weighted by atomic mass is 9.89. The second-order valence-electron chi connectivity index (χ2n) is 16.0. The molecule has 59 heavy (non-hydrogen) atoms. The number of carbonyl (C=O) groups excluding carboxylic acids is 3. The van der Waals surface area contributed by atoms with Gasteiger partial charge in [-0.3, -0.25) is 19.3 Å². The molecule has 3 aliphatic heterocycles. The van der Waals surface area contributed by atoms with Crippen LogP contribution < -0.4 is 9.64 Å². The number of aryl methyl sites for hydroxylation is 1. The molecule has 1 atom stereocenters. The highest BCUT2D eigenvalue weighted by Crippen LogP contribution is 2.36. The van der Waals surface area contributed by atoms with Gasteiger partial charge in [0, 0.05) is 94.0 Å². The number of phenolic OH excluding ortho intramolecular Hbond substituents is 1. The van der Waals surface area contributed by atoms with Crippen LogP contribution in [0.1, 0.15) is 60.6 Å². The molecule has 1 N–H and O–H groups in total. The molecule has 1 aromatic heterocycles. The lowest BCUT2D eigenvalue weighted by Crippen LogP contribution is -2.52. The third kappa shape index (κ3) is 8.35. The molecule has 4 aromatic carbocycles. The van der Waals surface area contributed by atoms with E-state index in [9.17, 15) is 14.7 Å². The number of methoxy groups -OCH3 is 1. The first kappa shape index (κ1) is 39.9. The number of morpholine rings is 1. The van der Waals surface area contributed by atoms with Gasteiger partial charge in [-0.05, 0) is 109 Å². The van der Waals surface area contributed by atoms with E-state index in [0.717, 1.165) is 71.0 Å². The minimum absolute atomic E-state index is 0.0553. The van der Waals surface area contributed by atoms with E-state index in [1.165, 1.54) is 5.56 Å². The Hall–Kier alpha value is -5.91. The fraction of sp³-hybridized carbons (Fsp3) is 0.354. The van der Waals surface area contributed by atoms with Crippen molar-refractivity contribution in [2.45, 2.75) is 51.7 Å². The molecule has 1 fully saturated rings. The Labute approximate surface area is 346 Å². The molecule has 0 unspecified atom stereocenters. The minimum atomic E-state index is -0.192. The fourth-order valence-corrected chi connectivity index (χ4v) is 8.82. The van der Waals surface area contributed by atoms with Crippen molar-refractivity contribution in [3.8, 4) is 22.8 Å². The second-order valence-corrected chi connectivity index (χ2v) is 16.0. The van der Waals surface area contributed by atoms with Gasteiger partial charge in [-0.15, -0.1) is 0 Å². The number of hydrogen-bond donors (Lipinski definition) is 1. The van der Waals surface area contributed by atoms with Crippen LogP contribution in [-0.2, 0) is 48.9 Å². The summed E-state index contributed by atoms with van der Waals surface area (Å²) in [4.78, 5) is 51.2. The molecule has 3 aliphatic rings. The highest BCUT2D eigenvalue weighted by molar-refractivity contribution is 6.08. The van der Waals surface area contributed by atoms with E-state index in [2.05, 4.69) is 29.2 Å². The molecule has 11 nitrogen and oxygen atoms in total. The topological polar surface area (TPSA) is 108 Å². The molecular formula is C48H53N5O6. The van der Waals surface area contributed by atoms with Gasteiger partial charge in [0.15, 0.2) is 0 Å². The van der Waals surface area contributed by atoms with Gasteiger partial charge in [-0.1, -0.05) is 36.4 Å². The largest absolute Gasteiger partial charge is 0.508 e. The molecular weight excluding hydrogens is 743 g/mol. The summed E-state index contributed by atoms with van der Waals surface area (Å²) < 4.78 is 13.1. The first-order valence-electron chi connectivity index (χ1n) is 20.6. The molecule has 5 aromatic rings. The number of ether oxygens (including phenoxy) is 2. The van der Waals surface area contributed by atoms with E-state index in [0.29, 0.717) is 68.9 Å². The summed E-state index contributed by atoms with van der Waals surface area (Å²) in [5, 5.41) is 9.86. The highest BCUT2D eigenvalue weighted by atomic mass is 16.5. The van der Waals surface area contributed by atoms with Crippen LogP contribution in [0.25, 0.3) is 11.3 Å². The van der Waals surface area contributed by atoms with E-state index in [4.69, 9.17) is 9.47 Å². The normalized spacial score (nSPS) is 16.6. The van der Waals surface area contributed by atoms with Gasteiger partial charge < -0.3 is 33.8 Å². The molecule has 0 aliphatic carbocycles. The van der Waals surface area contributed by atoms with Crippen LogP contribution >= 0.6 is 0 Å². The van der Waals surface area contributed by atoms with Gasteiger partial charge in [-0.2, -0.15) is 0 Å². The van der Waals surface area contributed by atoms with Crippen LogP contribution in [0, 0.1) is 6.92 Å². The Balaban J connectivity index is 1.16. The lowest BCUT2D eigenvalue weighted by Gasteiger charge is -2.41. The van der Waals surface area contributed by atoms with Crippen LogP contribution in [0.15, 0.2) is 91.0 Å². The number of amides is 3. The Kier molecular flexibility index (Phi) is 11.6. The predicted molar refractivity (Wildman–Crippen MR) is 228 cm³/mol. The van der Waals surface area contributed by atoms with Gasteiger partial charge in [0.25, 0.3) is 11.8 Å². The van der Waals surface area contributed by atoms with Crippen LogP contribution in [0.5, 0.6) is 11.5 Å². The van der Waals surface area contributed by atoms with E-state index < -0.39 is 0 Å². The van der Waals surface area contributed by atoms with Gasteiger partial charge in [0.2, 0.25) is 5.91 Å². The van der Waals surface area contributed by atoms with Crippen LogP contribution in [-0.4, -0.2) is 102 Å². The Morgan fingerprint density at radius 2 is 1.61 bits per heavy atom. The van der Waals surface area contributed by atoms with Crippen molar-refractivity contribution >= 4 is 23.4 Å². The molecule has 0 radical (unpaired) electrons. The van der Waals surface area contributed by atoms with E-state index in [1.807, 2.05) is 70.8 Å². The van der Waals surface area contributed by atoms with Gasteiger partial charge >= 0.3 is 0 Å². The van der Waals surface area contributed by atoms with Crippen molar-refractivity contribution in [3.05, 3.63) is 136 Å². The summed E-state index contributed by atoms with van der Waals surface area (Å²) in [7, 11) is 5.31. The van der Waals surface area contributed by atoms with Gasteiger partial charge in [0.05, 0.1) is 25.9 Å². The summed E-state index contributed by atoms with van der Waals surface area (Å²) in [6, 6.07) is 28.8. The number of phenols is 1. The SMILES string of the molecule is COc1cccc(CCC(=O)N2CCc3cc(-c4cc(C(=O)N(C)c5ccc(O)cc5)c(C)n4C)c(C(=O)N4Cc5ccccc5C[C@H]4CN4CCOCC4)cc3C2)c1. The number of hydrogen-bond acceptors (Lipinski definition) is 7. The van der Waals surface area contributed by atoms with E-state index in [-0.39, 0.29) is 29.5 Å². The number of carbonyl (C=O) groups is 3. The number of aromatic hydroxyl groups is 1. The van der Waals surface area contributed by atoms with Crippen molar-refractivity contribution in [2.75, 3.05) is 58.5 Å². The van der Waals surface area contributed by atoms with Crippen molar-refractivity contribution in [1.29, 1.82) is 0 Å². The third-order valence-electron chi connectivity index (χ3n) is 12.5. The summed E-state index contributed by atoms with van der Waals surface area (Å²) in [6.07, 6.45) is 2.39. The van der Waals surface area contributed by atoms with Crippen molar-refractivity contribution in [2.24, 2.45) is 7.05 Å². The van der Waals surface area contributed by atoms with Crippen molar-refractivity contribution in [3.63, 3.8) is 0 Å². The molecule has 0 spiro atoms. The number of rotatable bonds is 10. The molecule has 1 saturated heterocycles. The summed E-state index contributed by atoms with van der Waals surface area (Å²) in [6.45, 7) is 7.15.